The van der Waals surface area contributed by atoms with Crippen LogP contribution >= 0.6 is 11.6 Å². The summed E-state index contributed by atoms with van der Waals surface area (Å²) < 4.78 is 31.9. The summed E-state index contributed by atoms with van der Waals surface area (Å²) in [5.74, 6) is -3.83. The van der Waals surface area contributed by atoms with Gasteiger partial charge in [0.1, 0.15) is 11.4 Å². The number of nitro benzene ring substituents is 1. The van der Waals surface area contributed by atoms with Gasteiger partial charge in [-0.2, -0.15) is 4.39 Å². The first kappa shape index (κ1) is 16.3. The fraction of sp³-hybridized carbons (Fsp3) is 0.364. The molecule has 0 spiro atoms. The van der Waals surface area contributed by atoms with Crippen LogP contribution in [-0.4, -0.2) is 36.5 Å². The van der Waals surface area contributed by atoms with Gasteiger partial charge in [0.25, 0.3) is 5.91 Å². The molecule has 9 heteroatoms. The van der Waals surface area contributed by atoms with Crippen LogP contribution in [0.15, 0.2) is 12.1 Å². The van der Waals surface area contributed by atoms with Gasteiger partial charge in [-0.05, 0) is 6.07 Å². The topological polar surface area (TPSA) is 81.5 Å². The van der Waals surface area contributed by atoms with E-state index in [1.807, 2.05) is 0 Å². The van der Waals surface area contributed by atoms with Crippen LogP contribution in [0.2, 0.25) is 0 Å². The average Bonchev–Trinajstić information content (AvgIpc) is 2.36. The summed E-state index contributed by atoms with van der Waals surface area (Å²) in [4.78, 5) is 21.1. The molecule has 1 aromatic rings. The van der Waals surface area contributed by atoms with Crippen LogP contribution in [0, 0.1) is 21.7 Å². The van der Waals surface area contributed by atoms with Crippen molar-refractivity contribution in [3.63, 3.8) is 0 Å². The number of benzene rings is 1. The second kappa shape index (κ2) is 7.11. The first-order valence-corrected chi connectivity index (χ1v) is 5.85. The van der Waals surface area contributed by atoms with E-state index < -0.39 is 39.1 Å². The van der Waals surface area contributed by atoms with Gasteiger partial charge in [-0.25, -0.2) is 4.39 Å². The van der Waals surface area contributed by atoms with Gasteiger partial charge in [-0.15, -0.1) is 11.6 Å². The number of alkyl halides is 1. The van der Waals surface area contributed by atoms with Crippen molar-refractivity contribution in [1.82, 2.24) is 5.32 Å². The van der Waals surface area contributed by atoms with Gasteiger partial charge < -0.3 is 10.1 Å². The third kappa shape index (κ3) is 3.84. The predicted molar refractivity (Wildman–Crippen MR) is 66.9 cm³/mol. The molecule has 1 amide bonds. The first-order valence-electron chi connectivity index (χ1n) is 5.42. The molecule has 0 aliphatic carbocycles. The zero-order chi connectivity index (χ0) is 15.3. The summed E-state index contributed by atoms with van der Waals surface area (Å²) >= 11 is 5.74. The van der Waals surface area contributed by atoms with E-state index in [1.165, 1.54) is 7.11 Å². The molecule has 110 valence electrons. The normalized spacial score (nSPS) is 12.0. The number of hydrogen-bond acceptors (Lipinski definition) is 4. The molecule has 0 aliphatic heterocycles. The summed E-state index contributed by atoms with van der Waals surface area (Å²) in [6.07, 6.45) is 0. The Bertz CT molecular complexity index is 527. The van der Waals surface area contributed by atoms with Crippen molar-refractivity contribution in [3.8, 4) is 0 Å². The Balaban J connectivity index is 2.92. The highest BCUT2D eigenvalue weighted by atomic mass is 35.5. The third-order valence-electron chi connectivity index (χ3n) is 2.33. The number of halogens is 3. The molecule has 0 aromatic heterocycles. The average molecular weight is 309 g/mol. The number of amides is 1. The highest BCUT2D eigenvalue weighted by molar-refractivity contribution is 6.21. The molecule has 0 saturated carbocycles. The molecule has 0 bridgehead atoms. The van der Waals surface area contributed by atoms with Gasteiger partial charge in [0, 0.05) is 19.7 Å². The minimum atomic E-state index is -1.52. The van der Waals surface area contributed by atoms with Gasteiger partial charge in [0.2, 0.25) is 5.82 Å². The molecule has 6 nitrogen and oxygen atoms in total. The SMILES string of the molecule is COCC(Cl)CNC(=O)c1c(F)ccc([N+](=O)[O-])c1F. The second-order valence-corrected chi connectivity index (χ2v) is 4.39. The first-order chi connectivity index (χ1) is 9.38. The van der Waals surface area contributed by atoms with E-state index in [1.54, 1.807) is 0 Å². The van der Waals surface area contributed by atoms with Gasteiger partial charge in [0.05, 0.1) is 16.9 Å². The van der Waals surface area contributed by atoms with Crippen LogP contribution in [0.25, 0.3) is 0 Å². The molecule has 1 unspecified atom stereocenters. The molecule has 0 fully saturated rings. The Morgan fingerprint density at radius 1 is 1.55 bits per heavy atom. The van der Waals surface area contributed by atoms with Crippen molar-refractivity contribution in [1.29, 1.82) is 0 Å². The van der Waals surface area contributed by atoms with Crippen molar-refractivity contribution >= 4 is 23.2 Å². The molecule has 1 N–H and O–H groups in total. The van der Waals surface area contributed by atoms with E-state index in [4.69, 9.17) is 16.3 Å². The van der Waals surface area contributed by atoms with E-state index in [9.17, 15) is 23.7 Å². The van der Waals surface area contributed by atoms with E-state index in [0.717, 1.165) is 0 Å². The highest BCUT2D eigenvalue weighted by Gasteiger charge is 2.26. The van der Waals surface area contributed by atoms with E-state index in [0.29, 0.717) is 12.1 Å². The molecule has 1 atom stereocenters. The Kier molecular flexibility index (Phi) is 5.78. The lowest BCUT2D eigenvalue weighted by Crippen LogP contribution is -2.32. The van der Waals surface area contributed by atoms with E-state index in [2.05, 4.69) is 5.32 Å². The fourth-order valence-electron chi connectivity index (χ4n) is 1.42. The molecule has 0 radical (unpaired) electrons. The van der Waals surface area contributed by atoms with E-state index in [-0.39, 0.29) is 13.2 Å². The van der Waals surface area contributed by atoms with Gasteiger partial charge >= 0.3 is 5.69 Å². The number of rotatable bonds is 6. The number of methoxy groups -OCH3 is 1. The van der Waals surface area contributed by atoms with Crippen molar-refractivity contribution in [3.05, 3.63) is 39.4 Å². The van der Waals surface area contributed by atoms with Crippen LogP contribution in [0.1, 0.15) is 10.4 Å². The van der Waals surface area contributed by atoms with Crippen LogP contribution in [0.5, 0.6) is 0 Å². The second-order valence-electron chi connectivity index (χ2n) is 3.78. The molecule has 0 saturated heterocycles. The maximum atomic E-state index is 13.7. The molecule has 1 aromatic carbocycles. The minimum Gasteiger partial charge on any atom is -0.383 e. The summed E-state index contributed by atoms with van der Waals surface area (Å²) in [5, 5.41) is 12.1. The number of hydrogen-bond donors (Lipinski definition) is 1. The molecule has 20 heavy (non-hydrogen) atoms. The Labute approximate surface area is 117 Å². The number of nitro groups is 1. The van der Waals surface area contributed by atoms with Crippen LogP contribution in [0.4, 0.5) is 14.5 Å². The predicted octanol–water partition coefficient (Wildman–Crippen LogP) is 1.86. The monoisotopic (exact) mass is 308 g/mol. The van der Waals surface area contributed by atoms with Gasteiger partial charge in [-0.1, -0.05) is 0 Å². The Hall–Kier alpha value is -1.80. The zero-order valence-electron chi connectivity index (χ0n) is 10.4. The minimum absolute atomic E-state index is 0.101. The highest BCUT2D eigenvalue weighted by Crippen LogP contribution is 2.22. The summed E-state index contributed by atoms with van der Waals surface area (Å²) in [5.41, 5.74) is -1.99. The Morgan fingerprint density at radius 3 is 2.75 bits per heavy atom. The number of carbonyl (C=O) groups is 1. The summed E-state index contributed by atoms with van der Waals surface area (Å²) in [7, 11) is 1.40. The van der Waals surface area contributed by atoms with Crippen LogP contribution < -0.4 is 5.32 Å². The van der Waals surface area contributed by atoms with Gasteiger partial charge in [0.15, 0.2) is 0 Å². The number of ether oxygens (including phenoxy) is 1. The molecule has 0 aliphatic rings. The largest absolute Gasteiger partial charge is 0.383 e. The summed E-state index contributed by atoms with van der Waals surface area (Å²) in [6.45, 7) is 0.0253. The number of nitrogens with zero attached hydrogens (tertiary/aromatic N) is 1. The zero-order valence-corrected chi connectivity index (χ0v) is 11.1. The maximum absolute atomic E-state index is 13.7. The van der Waals surface area contributed by atoms with Crippen molar-refractivity contribution < 1.29 is 23.2 Å². The third-order valence-corrected chi connectivity index (χ3v) is 2.61. The standard InChI is InChI=1S/C11H11ClF2N2O4/c1-20-5-6(12)4-15-11(17)9-7(13)2-3-8(10(9)14)16(18)19/h2-3,6H,4-5H2,1H3,(H,15,17). The summed E-state index contributed by atoms with van der Waals surface area (Å²) in [6, 6.07) is 1.31. The molecule has 1 rings (SSSR count). The number of nitrogens with one attached hydrogen (secondary N) is 1. The van der Waals surface area contributed by atoms with Crippen molar-refractivity contribution in [2.45, 2.75) is 5.38 Å². The smallest absolute Gasteiger partial charge is 0.305 e. The van der Waals surface area contributed by atoms with Crippen molar-refractivity contribution in [2.75, 3.05) is 20.3 Å². The molecule has 0 heterocycles. The fourth-order valence-corrected chi connectivity index (χ4v) is 1.63. The molecular weight excluding hydrogens is 298 g/mol. The maximum Gasteiger partial charge on any atom is 0.305 e. The molecular formula is C11H11ClF2N2O4. The van der Waals surface area contributed by atoms with E-state index >= 15 is 0 Å². The van der Waals surface area contributed by atoms with Gasteiger partial charge in [-0.3, -0.25) is 14.9 Å². The quantitative estimate of drug-likeness (QED) is 0.494. The van der Waals surface area contributed by atoms with Crippen LogP contribution in [-0.2, 0) is 4.74 Å². The van der Waals surface area contributed by atoms with Crippen molar-refractivity contribution in [2.24, 2.45) is 0 Å². The lowest BCUT2D eigenvalue weighted by atomic mass is 10.1. The number of carbonyl (C=O) groups excluding carboxylic acids is 1. The Morgan fingerprint density at radius 2 is 2.20 bits per heavy atom. The lowest BCUT2D eigenvalue weighted by Gasteiger charge is -2.10. The lowest BCUT2D eigenvalue weighted by molar-refractivity contribution is -0.387. The van der Waals surface area contributed by atoms with Crippen LogP contribution in [0.3, 0.4) is 0 Å².